The molecular formula is C16H21N5O. The van der Waals surface area contributed by atoms with Crippen molar-refractivity contribution in [1.82, 2.24) is 20.1 Å². The lowest BCUT2D eigenvalue weighted by Crippen LogP contribution is -2.32. The van der Waals surface area contributed by atoms with E-state index in [0.29, 0.717) is 12.0 Å². The quantitative estimate of drug-likeness (QED) is 0.891. The molecule has 1 aliphatic rings. The molecule has 1 aliphatic carbocycles. The molecule has 2 atom stereocenters. The summed E-state index contributed by atoms with van der Waals surface area (Å²) in [5.41, 5.74) is 0.970. The van der Waals surface area contributed by atoms with Gasteiger partial charge in [0.25, 0.3) is 0 Å². The number of amides is 2. The number of nitrogens with one attached hydrogen (secondary N) is 2. The molecule has 1 saturated carbocycles. The van der Waals surface area contributed by atoms with Gasteiger partial charge in [0.15, 0.2) is 0 Å². The summed E-state index contributed by atoms with van der Waals surface area (Å²) in [5, 5.41) is 10.1. The summed E-state index contributed by atoms with van der Waals surface area (Å²) >= 11 is 0. The number of aromatic nitrogens is 3. The first-order chi connectivity index (χ1) is 10.6. The van der Waals surface area contributed by atoms with Gasteiger partial charge >= 0.3 is 6.03 Å². The zero-order valence-corrected chi connectivity index (χ0v) is 12.9. The lowest BCUT2D eigenvalue weighted by atomic mass is 10.1. The van der Waals surface area contributed by atoms with Gasteiger partial charge in [-0.25, -0.2) is 9.48 Å². The third-order valence-electron chi connectivity index (χ3n) is 4.13. The van der Waals surface area contributed by atoms with E-state index in [0.717, 1.165) is 11.4 Å². The van der Waals surface area contributed by atoms with E-state index in [1.54, 1.807) is 18.6 Å². The molecule has 2 N–H and O–H groups in total. The molecule has 0 aliphatic heterocycles. The van der Waals surface area contributed by atoms with E-state index >= 15 is 0 Å². The van der Waals surface area contributed by atoms with Gasteiger partial charge in [-0.15, -0.1) is 0 Å². The van der Waals surface area contributed by atoms with Gasteiger partial charge in [0.1, 0.15) is 5.82 Å². The minimum atomic E-state index is -0.235. The van der Waals surface area contributed by atoms with Gasteiger partial charge < -0.3 is 5.32 Å². The zero-order valence-electron chi connectivity index (χ0n) is 12.9. The minimum absolute atomic E-state index is 0.106. The van der Waals surface area contributed by atoms with Crippen LogP contribution in [0, 0.1) is 5.92 Å². The first-order valence-corrected chi connectivity index (χ1v) is 7.66. The molecule has 116 valence electrons. The molecule has 6 nitrogen and oxygen atoms in total. The number of hydrogen-bond acceptors (Lipinski definition) is 3. The highest BCUT2D eigenvalue weighted by Crippen LogP contribution is 2.40. The van der Waals surface area contributed by atoms with Gasteiger partial charge in [0.05, 0.1) is 18.3 Å². The summed E-state index contributed by atoms with van der Waals surface area (Å²) in [6.45, 7) is 4.08. The second kappa shape index (κ2) is 6.17. The van der Waals surface area contributed by atoms with Gasteiger partial charge in [-0.3, -0.25) is 10.3 Å². The Morgan fingerprint density at radius 1 is 1.32 bits per heavy atom. The number of urea groups is 1. The number of carbonyl (C=O) groups excluding carboxylic acids is 1. The molecule has 0 bridgehead atoms. The molecule has 6 heteroatoms. The van der Waals surface area contributed by atoms with E-state index in [-0.39, 0.29) is 12.1 Å². The number of anilines is 1. The first-order valence-electron chi connectivity index (χ1n) is 7.66. The molecular weight excluding hydrogens is 278 g/mol. The Labute approximate surface area is 129 Å². The largest absolute Gasteiger partial charge is 0.331 e. The Kier molecular flexibility index (Phi) is 4.09. The maximum absolute atomic E-state index is 12.2. The number of pyridine rings is 1. The Morgan fingerprint density at radius 3 is 2.82 bits per heavy atom. The molecule has 0 spiro atoms. The van der Waals surface area contributed by atoms with E-state index in [1.165, 1.54) is 12.8 Å². The summed E-state index contributed by atoms with van der Waals surface area (Å²) in [5.74, 6) is 1.41. The maximum atomic E-state index is 12.2. The molecule has 2 aromatic rings. The summed E-state index contributed by atoms with van der Waals surface area (Å²) in [4.78, 5) is 16.2. The summed E-state index contributed by atoms with van der Waals surface area (Å²) in [6, 6.07) is 5.61. The SMILES string of the molecule is C[C@H](NC(=O)Nc1ccnn1[C@@H](C)C1CC1)c1cccnc1. The molecule has 1 fully saturated rings. The average molecular weight is 299 g/mol. The van der Waals surface area contributed by atoms with Crippen LogP contribution < -0.4 is 10.6 Å². The van der Waals surface area contributed by atoms with Crippen LogP contribution in [-0.4, -0.2) is 20.8 Å². The number of rotatable bonds is 5. The lowest BCUT2D eigenvalue weighted by molar-refractivity contribution is 0.249. The van der Waals surface area contributed by atoms with E-state index in [9.17, 15) is 4.79 Å². The highest BCUT2D eigenvalue weighted by molar-refractivity contribution is 5.88. The fraction of sp³-hybridized carbons (Fsp3) is 0.438. The average Bonchev–Trinajstić information content (AvgIpc) is 3.28. The Balaban J connectivity index is 1.61. The summed E-state index contributed by atoms with van der Waals surface area (Å²) in [7, 11) is 0. The monoisotopic (exact) mass is 299 g/mol. The van der Waals surface area contributed by atoms with Crippen molar-refractivity contribution in [2.45, 2.75) is 38.8 Å². The van der Waals surface area contributed by atoms with Crippen LogP contribution in [0.25, 0.3) is 0 Å². The van der Waals surface area contributed by atoms with Crippen molar-refractivity contribution >= 4 is 11.8 Å². The van der Waals surface area contributed by atoms with E-state index in [1.807, 2.05) is 29.8 Å². The maximum Gasteiger partial charge on any atom is 0.320 e. The van der Waals surface area contributed by atoms with Crippen molar-refractivity contribution in [1.29, 1.82) is 0 Å². The summed E-state index contributed by atoms with van der Waals surface area (Å²) < 4.78 is 1.89. The van der Waals surface area contributed by atoms with Crippen LogP contribution in [-0.2, 0) is 0 Å². The molecule has 22 heavy (non-hydrogen) atoms. The minimum Gasteiger partial charge on any atom is -0.331 e. The van der Waals surface area contributed by atoms with Gasteiger partial charge in [-0.1, -0.05) is 6.07 Å². The van der Waals surface area contributed by atoms with Gasteiger partial charge in [0.2, 0.25) is 0 Å². The molecule has 2 heterocycles. The van der Waals surface area contributed by atoms with Crippen molar-refractivity contribution in [3.63, 3.8) is 0 Å². The fourth-order valence-electron chi connectivity index (χ4n) is 2.58. The molecule has 2 amide bonds. The van der Waals surface area contributed by atoms with Crippen LogP contribution >= 0.6 is 0 Å². The predicted octanol–water partition coefficient (Wildman–Crippen LogP) is 3.13. The van der Waals surface area contributed by atoms with E-state index in [4.69, 9.17) is 0 Å². The second-order valence-electron chi connectivity index (χ2n) is 5.85. The molecule has 0 radical (unpaired) electrons. The van der Waals surface area contributed by atoms with Crippen LogP contribution in [0.5, 0.6) is 0 Å². The lowest BCUT2D eigenvalue weighted by Gasteiger charge is -2.17. The van der Waals surface area contributed by atoms with Gasteiger partial charge in [-0.05, 0) is 44.2 Å². The number of carbonyl (C=O) groups is 1. The van der Waals surface area contributed by atoms with Gasteiger partial charge in [0, 0.05) is 18.5 Å². The number of hydrogen-bond donors (Lipinski definition) is 2. The smallest absolute Gasteiger partial charge is 0.320 e. The molecule has 3 rings (SSSR count). The third kappa shape index (κ3) is 3.27. The number of nitrogens with zero attached hydrogens (tertiary/aromatic N) is 3. The normalized spacial score (nSPS) is 16.8. The third-order valence-corrected chi connectivity index (χ3v) is 4.13. The topological polar surface area (TPSA) is 71.8 Å². The summed E-state index contributed by atoms with van der Waals surface area (Å²) in [6.07, 6.45) is 7.67. The van der Waals surface area contributed by atoms with Crippen molar-refractivity contribution in [3.8, 4) is 0 Å². The van der Waals surface area contributed by atoms with Crippen molar-refractivity contribution in [3.05, 3.63) is 42.4 Å². The van der Waals surface area contributed by atoms with Crippen LogP contribution in [0.3, 0.4) is 0 Å². The Morgan fingerprint density at radius 2 is 2.14 bits per heavy atom. The van der Waals surface area contributed by atoms with Crippen LogP contribution in [0.4, 0.5) is 10.6 Å². The van der Waals surface area contributed by atoms with Crippen LogP contribution in [0.15, 0.2) is 36.8 Å². The Bertz CT molecular complexity index is 635. The van der Waals surface area contributed by atoms with Gasteiger partial charge in [-0.2, -0.15) is 5.10 Å². The molecule has 0 aromatic carbocycles. The molecule has 0 saturated heterocycles. The Hall–Kier alpha value is -2.37. The standard InChI is InChI=1S/C16H21N5O/c1-11(14-4-3-8-17-10-14)19-16(22)20-15-7-9-18-21(15)12(2)13-5-6-13/h3-4,7-13H,5-6H2,1-2H3,(H2,19,20,22)/t11-,12-/m0/s1. The van der Waals surface area contributed by atoms with Crippen LogP contribution in [0.2, 0.25) is 0 Å². The highest BCUT2D eigenvalue weighted by Gasteiger charge is 2.30. The highest BCUT2D eigenvalue weighted by atomic mass is 16.2. The van der Waals surface area contributed by atoms with Crippen LogP contribution in [0.1, 0.15) is 44.3 Å². The van der Waals surface area contributed by atoms with Crippen molar-refractivity contribution < 1.29 is 4.79 Å². The molecule has 2 aromatic heterocycles. The first kappa shape index (κ1) is 14.6. The zero-order chi connectivity index (χ0) is 15.5. The van der Waals surface area contributed by atoms with Crippen molar-refractivity contribution in [2.24, 2.45) is 5.92 Å². The fourth-order valence-corrected chi connectivity index (χ4v) is 2.58. The second-order valence-corrected chi connectivity index (χ2v) is 5.85. The van der Waals surface area contributed by atoms with E-state index < -0.39 is 0 Å². The predicted molar refractivity (Wildman–Crippen MR) is 84.5 cm³/mol. The van der Waals surface area contributed by atoms with Crippen molar-refractivity contribution in [2.75, 3.05) is 5.32 Å². The van der Waals surface area contributed by atoms with E-state index in [2.05, 4.69) is 27.6 Å². The molecule has 0 unspecified atom stereocenters.